The van der Waals surface area contributed by atoms with E-state index in [1.54, 1.807) is 30.3 Å². The fourth-order valence-electron chi connectivity index (χ4n) is 1.51. The van der Waals surface area contributed by atoms with Crippen LogP contribution >= 0.6 is 23.2 Å². The third-order valence-electron chi connectivity index (χ3n) is 2.40. The van der Waals surface area contributed by atoms with Gasteiger partial charge in [-0.25, -0.2) is 4.98 Å². The quantitative estimate of drug-likeness (QED) is 0.880. The van der Waals surface area contributed by atoms with Crippen LogP contribution in [-0.4, -0.2) is 10.1 Å². The SMILES string of the molecule is Nc1ncc(Cl)cc1C(O)c1ccc(Cl)cc1. The molecule has 1 heterocycles. The van der Waals surface area contributed by atoms with Gasteiger partial charge in [0.2, 0.25) is 0 Å². The highest BCUT2D eigenvalue weighted by atomic mass is 35.5. The monoisotopic (exact) mass is 268 g/mol. The summed E-state index contributed by atoms with van der Waals surface area (Å²) in [4.78, 5) is 3.90. The second-order valence-electron chi connectivity index (χ2n) is 3.58. The van der Waals surface area contributed by atoms with Crippen LogP contribution in [0.15, 0.2) is 36.5 Å². The number of pyridine rings is 1. The van der Waals surface area contributed by atoms with E-state index in [4.69, 9.17) is 28.9 Å². The van der Waals surface area contributed by atoms with Crippen LogP contribution in [0.5, 0.6) is 0 Å². The van der Waals surface area contributed by atoms with Gasteiger partial charge in [0.15, 0.2) is 0 Å². The average Bonchev–Trinajstić information content (AvgIpc) is 2.32. The highest BCUT2D eigenvalue weighted by Gasteiger charge is 2.14. The fourth-order valence-corrected chi connectivity index (χ4v) is 1.80. The van der Waals surface area contributed by atoms with Crippen molar-refractivity contribution in [2.45, 2.75) is 6.10 Å². The number of hydrogen-bond acceptors (Lipinski definition) is 3. The molecule has 1 aromatic heterocycles. The second-order valence-corrected chi connectivity index (χ2v) is 4.45. The summed E-state index contributed by atoms with van der Waals surface area (Å²) in [5.74, 6) is 0.261. The van der Waals surface area contributed by atoms with E-state index in [0.29, 0.717) is 21.2 Å². The smallest absolute Gasteiger partial charge is 0.129 e. The maximum atomic E-state index is 10.2. The van der Waals surface area contributed by atoms with Crippen molar-refractivity contribution in [2.24, 2.45) is 0 Å². The van der Waals surface area contributed by atoms with Gasteiger partial charge in [0, 0.05) is 16.8 Å². The topological polar surface area (TPSA) is 59.1 Å². The molecule has 0 aliphatic heterocycles. The summed E-state index contributed by atoms with van der Waals surface area (Å²) in [5, 5.41) is 11.2. The number of aliphatic hydroxyl groups is 1. The Labute approximate surface area is 109 Å². The van der Waals surface area contributed by atoms with E-state index in [2.05, 4.69) is 4.98 Å². The number of nitrogen functional groups attached to an aromatic ring is 1. The normalized spacial score (nSPS) is 12.4. The molecule has 0 aliphatic carbocycles. The molecule has 0 saturated heterocycles. The van der Waals surface area contributed by atoms with E-state index in [0.717, 1.165) is 0 Å². The minimum atomic E-state index is -0.863. The van der Waals surface area contributed by atoms with Gasteiger partial charge in [-0.2, -0.15) is 0 Å². The molecule has 1 aromatic carbocycles. The number of anilines is 1. The summed E-state index contributed by atoms with van der Waals surface area (Å²) in [6.45, 7) is 0. The zero-order valence-electron chi connectivity index (χ0n) is 8.77. The van der Waals surface area contributed by atoms with Gasteiger partial charge in [0.1, 0.15) is 11.9 Å². The number of halogens is 2. The molecule has 3 N–H and O–H groups in total. The molecule has 5 heteroatoms. The van der Waals surface area contributed by atoms with Crippen molar-refractivity contribution in [3.05, 3.63) is 57.7 Å². The predicted octanol–water partition coefficient (Wildman–Crippen LogP) is 3.05. The van der Waals surface area contributed by atoms with Crippen LogP contribution in [0, 0.1) is 0 Å². The van der Waals surface area contributed by atoms with E-state index >= 15 is 0 Å². The van der Waals surface area contributed by atoms with Gasteiger partial charge >= 0.3 is 0 Å². The lowest BCUT2D eigenvalue weighted by atomic mass is 10.0. The summed E-state index contributed by atoms with van der Waals surface area (Å²) in [5.41, 5.74) is 6.87. The molecule has 3 nitrogen and oxygen atoms in total. The van der Waals surface area contributed by atoms with Crippen molar-refractivity contribution in [3.8, 4) is 0 Å². The van der Waals surface area contributed by atoms with Crippen LogP contribution in [0.2, 0.25) is 10.0 Å². The number of rotatable bonds is 2. The van der Waals surface area contributed by atoms with E-state index in [1.165, 1.54) is 6.20 Å². The summed E-state index contributed by atoms with van der Waals surface area (Å²) < 4.78 is 0. The number of nitrogens with two attached hydrogens (primary N) is 1. The van der Waals surface area contributed by atoms with Crippen molar-refractivity contribution in [2.75, 3.05) is 5.73 Å². The van der Waals surface area contributed by atoms with Gasteiger partial charge < -0.3 is 10.8 Å². The Kier molecular flexibility index (Phi) is 3.52. The number of hydrogen-bond donors (Lipinski definition) is 2. The molecule has 0 bridgehead atoms. The predicted molar refractivity (Wildman–Crippen MR) is 69.2 cm³/mol. The standard InChI is InChI=1S/C12H10Cl2N2O/c13-8-3-1-7(2-4-8)11(17)10-5-9(14)6-16-12(10)15/h1-6,11,17H,(H2,15,16). The molecule has 0 saturated carbocycles. The molecule has 2 aromatic rings. The third kappa shape index (κ3) is 2.69. The highest BCUT2D eigenvalue weighted by Crippen LogP contribution is 2.28. The Bertz CT molecular complexity index is 529. The van der Waals surface area contributed by atoms with E-state index < -0.39 is 6.10 Å². The molecule has 0 amide bonds. The average molecular weight is 269 g/mol. The van der Waals surface area contributed by atoms with Crippen LogP contribution in [0.25, 0.3) is 0 Å². The summed E-state index contributed by atoms with van der Waals surface area (Å²) in [6, 6.07) is 8.46. The largest absolute Gasteiger partial charge is 0.384 e. The lowest BCUT2D eigenvalue weighted by molar-refractivity contribution is 0.221. The van der Waals surface area contributed by atoms with Crippen molar-refractivity contribution in [1.29, 1.82) is 0 Å². The summed E-state index contributed by atoms with van der Waals surface area (Å²) in [6.07, 6.45) is 0.577. The maximum absolute atomic E-state index is 10.2. The molecule has 0 aliphatic rings. The van der Waals surface area contributed by atoms with Crippen molar-refractivity contribution in [1.82, 2.24) is 4.98 Å². The maximum Gasteiger partial charge on any atom is 0.129 e. The first-order chi connectivity index (χ1) is 8.08. The van der Waals surface area contributed by atoms with Crippen LogP contribution in [0.4, 0.5) is 5.82 Å². The van der Waals surface area contributed by atoms with E-state index in [9.17, 15) is 5.11 Å². The lowest BCUT2D eigenvalue weighted by Crippen LogP contribution is -2.05. The van der Waals surface area contributed by atoms with E-state index in [1.807, 2.05) is 0 Å². The molecule has 17 heavy (non-hydrogen) atoms. The summed E-state index contributed by atoms with van der Waals surface area (Å²) >= 11 is 11.6. The molecule has 1 unspecified atom stereocenters. The Morgan fingerprint density at radius 3 is 2.41 bits per heavy atom. The van der Waals surface area contributed by atoms with Gasteiger partial charge in [-0.05, 0) is 23.8 Å². The third-order valence-corrected chi connectivity index (χ3v) is 2.86. The first-order valence-electron chi connectivity index (χ1n) is 4.92. The van der Waals surface area contributed by atoms with Crippen LogP contribution in [-0.2, 0) is 0 Å². The number of aromatic nitrogens is 1. The van der Waals surface area contributed by atoms with E-state index in [-0.39, 0.29) is 5.82 Å². The molecular weight excluding hydrogens is 259 g/mol. The molecule has 1 atom stereocenters. The molecule has 0 fully saturated rings. The number of aliphatic hydroxyl groups excluding tert-OH is 1. The first-order valence-corrected chi connectivity index (χ1v) is 5.68. The number of benzene rings is 1. The van der Waals surface area contributed by atoms with Crippen molar-refractivity contribution in [3.63, 3.8) is 0 Å². The van der Waals surface area contributed by atoms with Gasteiger partial charge in [-0.3, -0.25) is 0 Å². The fraction of sp³-hybridized carbons (Fsp3) is 0.0833. The molecule has 88 valence electrons. The molecule has 0 spiro atoms. The Balaban J connectivity index is 2.39. The molecule has 0 radical (unpaired) electrons. The van der Waals surface area contributed by atoms with Crippen molar-refractivity contribution < 1.29 is 5.11 Å². The Morgan fingerprint density at radius 2 is 1.76 bits per heavy atom. The summed E-state index contributed by atoms with van der Waals surface area (Å²) in [7, 11) is 0. The van der Waals surface area contributed by atoms with Gasteiger partial charge in [0.05, 0.1) is 5.02 Å². The minimum absolute atomic E-state index is 0.261. The zero-order chi connectivity index (χ0) is 12.4. The molecule has 2 rings (SSSR count). The minimum Gasteiger partial charge on any atom is -0.384 e. The van der Waals surface area contributed by atoms with Gasteiger partial charge in [-0.15, -0.1) is 0 Å². The van der Waals surface area contributed by atoms with Gasteiger partial charge in [-0.1, -0.05) is 35.3 Å². The first kappa shape index (κ1) is 12.2. The Hall–Kier alpha value is -1.29. The van der Waals surface area contributed by atoms with Crippen LogP contribution in [0.1, 0.15) is 17.2 Å². The lowest BCUT2D eigenvalue weighted by Gasteiger charge is -2.13. The van der Waals surface area contributed by atoms with Crippen LogP contribution in [0.3, 0.4) is 0 Å². The van der Waals surface area contributed by atoms with Gasteiger partial charge in [0.25, 0.3) is 0 Å². The molecular formula is C12H10Cl2N2O. The van der Waals surface area contributed by atoms with Crippen molar-refractivity contribution >= 4 is 29.0 Å². The second kappa shape index (κ2) is 4.92. The van der Waals surface area contributed by atoms with Crippen LogP contribution < -0.4 is 5.73 Å². The zero-order valence-corrected chi connectivity index (χ0v) is 10.3. The Morgan fingerprint density at radius 1 is 1.12 bits per heavy atom. The number of nitrogens with zero attached hydrogens (tertiary/aromatic N) is 1. The highest BCUT2D eigenvalue weighted by molar-refractivity contribution is 6.30.